The Kier molecular flexibility index (Phi) is 5.64. The summed E-state index contributed by atoms with van der Waals surface area (Å²) < 4.78 is 0. The van der Waals surface area contributed by atoms with Crippen LogP contribution in [0.3, 0.4) is 0 Å². The standard InChI is InChI=1S/C22H27N5O2/c1-18-3-2-4-20(15-18)25-11-13-26(14-12-25)21-16-19(5-6-23-21)22(29)27-9-7-24(17-28)8-10-27/h2-6,15-17H,7-14H2,1H3. The minimum absolute atomic E-state index is 0.0117. The predicted molar refractivity (Wildman–Crippen MR) is 113 cm³/mol. The van der Waals surface area contributed by atoms with Gasteiger partial charge in [0.15, 0.2) is 0 Å². The SMILES string of the molecule is Cc1cccc(N2CCN(c3cc(C(=O)N4CCN(C=O)CC4)ccn3)CC2)c1. The van der Waals surface area contributed by atoms with Crippen molar-refractivity contribution in [2.24, 2.45) is 0 Å². The summed E-state index contributed by atoms with van der Waals surface area (Å²) >= 11 is 0. The quantitative estimate of drug-likeness (QED) is 0.739. The lowest BCUT2D eigenvalue weighted by Crippen LogP contribution is -2.48. The molecule has 2 amide bonds. The van der Waals surface area contributed by atoms with E-state index in [9.17, 15) is 9.59 Å². The first-order chi connectivity index (χ1) is 14.1. The van der Waals surface area contributed by atoms with E-state index in [1.165, 1.54) is 11.3 Å². The van der Waals surface area contributed by atoms with E-state index in [-0.39, 0.29) is 5.91 Å². The molecule has 0 saturated carbocycles. The molecule has 2 saturated heterocycles. The molecule has 0 N–H and O–H groups in total. The van der Waals surface area contributed by atoms with Gasteiger partial charge >= 0.3 is 0 Å². The molecule has 0 unspecified atom stereocenters. The Labute approximate surface area is 171 Å². The highest BCUT2D eigenvalue weighted by molar-refractivity contribution is 5.95. The number of anilines is 2. The Balaban J connectivity index is 1.39. The van der Waals surface area contributed by atoms with E-state index in [0.717, 1.165) is 38.4 Å². The molecule has 0 bridgehead atoms. The van der Waals surface area contributed by atoms with Crippen LogP contribution >= 0.6 is 0 Å². The molecule has 152 valence electrons. The van der Waals surface area contributed by atoms with E-state index in [0.29, 0.717) is 31.7 Å². The number of aromatic nitrogens is 1. The molecule has 2 aliphatic heterocycles. The summed E-state index contributed by atoms with van der Waals surface area (Å²) in [5, 5.41) is 0. The average molecular weight is 393 g/mol. The molecule has 2 aliphatic rings. The van der Waals surface area contributed by atoms with Crippen LogP contribution in [0.5, 0.6) is 0 Å². The van der Waals surface area contributed by atoms with Gasteiger partial charge in [-0.3, -0.25) is 9.59 Å². The fraction of sp³-hybridized carbons (Fsp3) is 0.409. The maximum atomic E-state index is 12.9. The van der Waals surface area contributed by atoms with Gasteiger partial charge in [-0.05, 0) is 36.8 Å². The number of rotatable bonds is 4. The summed E-state index contributed by atoms with van der Waals surface area (Å²) in [6.07, 6.45) is 2.57. The molecular weight excluding hydrogens is 366 g/mol. The third-order valence-corrected chi connectivity index (χ3v) is 5.71. The topological polar surface area (TPSA) is 60.0 Å². The number of hydrogen-bond donors (Lipinski definition) is 0. The monoisotopic (exact) mass is 393 g/mol. The minimum atomic E-state index is 0.0117. The second-order valence-corrected chi connectivity index (χ2v) is 7.65. The van der Waals surface area contributed by atoms with Crippen molar-refractivity contribution < 1.29 is 9.59 Å². The number of amides is 2. The van der Waals surface area contributed by atoms with Gasteiger partial charge in [0.2, 0.25) is 6.41 Å². The molecule has 7 nitrogen and oxygen atoms in total. The Bertz CT molecular complexity index is 871. The van der Waals surface area contributed by atoms with Crippen LogP contribution in [0.15, 0.2) is 42.6 Å². The van der Waals surface area contributed by atoms with Gasteiger partial charge in [0.05, 0.1) is 0 Å². The van der Waals surface area contributed by atoms with Crippen LogP contribution in [0.4, 0.5) is 11.5 Å². The number of benzene rings is 1. The number of carbonyl (C=O) groups excluding carboxylic acids is 2. The maximum Gasteiger partial charge on any atom is 0.254 e. The van der Waals surface area contributed by atoms with Gasteiger partial charge in [-0.1, -0.05) is 12.1 Å². The number of piperazine rings is 2. The number of hydrogen-bond acceptors (Lipinski definition) is 5. The first kappa shape index (κ1) is 19.2. The molecule has 0 aliphatic carbocycles. The van der Waals surface area contributed by atoms with Crippen molar-refractivity contribution >= 4 is 23.8 Å². The number of nitrogens with zero attached hydrogens (tertiary/aromatic N) is 5. The summed E-state index contributed by atoms with van der Waals surface area (Å²) in [5.74, 6) is 0.865. The van der Waals surface area contributed by atoms with E-state index in [1.54, 1.807) is 17.2 Å². The number of pyridine rings is 1. The molecule has 29 heavy (non-hydrogen) atoms. The van der Waals surface area contributed by atoms with E-state index in [1.807, 2.05) is 11.0 Å². The van der Waals surface area contributed by atoms with Crippen molar-refractivity contribution in [3.8, 4) is 0 Å². The van der Waals surface area contributed by atoms with Crippen molar-refractivity contribution in [2.45, 2.75) is 6.92 Å². The summed E-state index contributed by atoms with van der Waals surface area (Å²) in [6, 6.07) is 12.3. The highest BCUT2D eigenvalue weighted by Gasteiger charge is 2.23. The van der Waals surface area contributed by atoms with Crippen LogP contribution in [-0.2, 0) is 4.79 Å². The molecule has 2 aromatic rings. The Morgan fingerprint density at radius 1 is 0.931 bits per heavy atom. The van der Waals surface area contributed by atoms with Crippen molar-refractivity contribution in [1.29, 1.82) is 0 Å². The molecule has 4 rings (SSSR count). The lowest BCUT2D eigenvalue weighted by Gasteiger charge is -2.37. The van der Waals surface area contributed by atoms with Gasteiger partial charge in [0, 0.05) is 69.8 Å². The van der Waals surface area contributed by atoms with Gasteiger partial charge in [0.25, 0.3) is 5.91 Å². The average Bonchev–Trinajstić information content (AvgIpc) is 2.79. The van der Waals surface area contributed by atoms with Gasteiger partial charge in [-0.15, -0.1) is 0 Å². The van der Waals surface area contributed by atoms with E-state index in [2.05, 4.69) is 46.0 Å². The largest absolute Gasteiger partial charge is 0.368 e. The highest BCUT2D eigenvalue weighted by atomic mass is 16.2. The summed E-state index contributed by atoms with van der Waals surface area (Å²) in [7, 11) is 0. The van der Waals surface area contributed by atoms with Crippen molar-refractivity contribution in [1.82, 2.24) is 14.8 Å². The number of carbonyl (C=O) groups is 2. The smallest absolute Gasteiger partial charge is 0.254 e. The van der Waals surface area contributed by atoms with Crippen molar-refractivity contribution in [3.63, 3.8) is 0 Å². The zero-order chi connectivity index (χ0) is 20.2. The second-order valence-electron chi connectivity index (χ2n) is 7.65. The van der Waals surface area contributed by atoms with Gasteiger partial charge in [0.1, 0.15) is 5.82 Å². The first-order valence-corrected chi connectivity index (χ1v) is 10.2. The zero-order valence-electron chi connectivity index (χ0n) is 16.8. The fourth-order valence-corrected chi connectivity index (χ4v) is 3.96. The molecule has 3 heterocycles. The van der Waals surface area contributed by atoms with Gasteiger partial charge < -0.3 is 19.6 Å². The predicted octanol–water partition coefficient (Wildman–Crippen LogP) is 1.63. The summed E-state index contributed by atoms with van der Waals surface area (Å²) in [6.45, 7) is 8.04. The fourth-order valence-electron chi connectivity index (χ4n) is 3.96. The molecule has 0 radical (unpaired) electrons. The minimum Gasteiger partial charge on any atom is -0.368 e. The molecule has 1 aromatic heterocycles. The molecule has 2 fully saturated rings. The Morgan fingerprint density at radius 2 is 1.66 bits per heavy atom. The zero-order valence-corrected chi connectivity index (χ0v) is 16.8. The van der Waals surface area contributed by atoms with Crippen molar-refractivity contribution in [2.75, 3.05) is 62.2 Å². The van der Waals surface area contributed by atoms with E-state index in [4.69, 9.17) is 0 Å². The lowest BCUT2D eigenvalue weighted by molar-refractivity contribution is -0.119. The molecule has 7 heteroatoms. The molecule has 0 spiro atoms. The van der Waals surface area contributed by atoms with Crippen LogP contribution in [0.1, 0.15) is 15.9 Å². The Hall–Kier alpha value is -3.09. The van der Waals surface area contributed by atoms with Crippen molar-refractivity contribution in [3.05, 3.63) is 53.7 Å². The van der Waals surface area contributed by atoms with E-state index < -0.39 is 0 Å². The van der Waals surface area contributed by atoms with Gasteiger partial charge in [-0.25, -0.2) is 4.98 Å². The highest BCUT2D eigenvalue weighted by Crippen LogP contribution is 2.21. The van der Waals surface area contributed by atoms with Crippen LogP contribution in [0, 0.1) is 6.92 Å². The van der Waals surface area contributed by atoms with Crippen LogP contribution < -0.4 is 9.80 Å². The maximum absolute atomic E-state index is 12.9. The third kappa shape index (κ3) is 4.34. The molecule has 0 atom stereocenters. The molecular formula is C22H27N5O2. The molecule has 1 aromatic carbocycles. The summed E-state index contributed by atoms with van der Waals surface area (Å²) in [4.78, 5) is 36.4. The van der Waals surface area contributed by atoms with Crippen LogP contribution in [-0.4, -0.2) is 79.5 Å². The van der Waals surface area contributed by atoms with Crippen LogP contribution in [0.2, 0.25) is 0 Å². The normalized spacial score (nSPS) is 17.4. The third-order valence-electron chi connectivity index (χ3n) is 5.71. The van der Waals surface area contributed by atoms with Crippen LogP contribution in [0.25, 0.3) is 0 Å². The van der Waals surface area contributed by atoms with E-state index >= 15 is 0 Å². The lowest BCUT2D eigenvalue weighted by atomic mass is 10.1. The summed E-state index contributed by atoms with van der Waals surface area (Å²) in [5.41, 5.74) is 3.19. The first-order valence-electron chi connectivity index (χ1n) is 10.2. The Morgan fingerprint density at radius 3 is 2.34 bits per heavy atom. The second kappa shape index (κ2) is 8.51. The number of aryl methyl sites for hydroxylation is 1. The van der Waals surface area contributed by atoms with Gasteiger partial charge in [-0.2, -0.15) is 0 Å².